The van der Waals surface area contributed by atoms with Gasteiger partial charge in [0.05, 0.1) is 19.4 Å². The third-order valence-electron chi connectivity index (χ3n) is 8.93. The number of carbonyl (C=O) groups is 2. The third-order valence-corrected chi connectivity index (χ3v) is 8.93. The number of rotatable bonds is 14. The van der Waals surface area contributed by atoms with Gasteiger partial charge < -0.3 is 40.0 Å². The number of methoxy groups -OCH3 is 2. The molecule has 0 saturated carbocycles. The van der Waals surface area contributed by atoms with Crippen molar-refractivity contribution in [2.24, 2.45) is 0 Å². The van der Waals surface area contributed by atoms with E-state index in [4.69, 9.17) is 14.2 Å². The summed E-state index contributed by atoms with van der Waals surface area (Å²) in [5.41, 5.74) is 4.37. The van der Waals surface area contributed by atoms with Gasteiger partial charge >= 0.3 is 0 Å². The number of hydrogen-bond acceptors (Lipinski definition) is 10. The molecule has 51 heavy (non-hydrogen) atoms. The minimum absolute atomic E-state index is 0.0386. The fourth-order valence-electron chi connectivity index (χ4n) is 5.78. The van der Waals surface area contributed by atoms with Crippen LogP contribution in [0.2, 0.25) is 0 Å². The minimum Gasteiger partial charge on any atom is -0.493 e. The van der Waals surface area contributed by atoms with E-state index in [-0.39, 0.29) is 35.5 Å². The molecular formula is C38H46FN7O5. The number of para-hydroxylation sites is 1. The zero-order valence-corrected chi connectivity index (χ0v) is 30.0. The van der Waals surface area contributed by atoms with Crippen LogP contribution in [0.15, 0.2) is 60.8 Å². The van der Waals surface area contributed by atoms with Crippen molar-refractivity contribution >= 4 is 34.8 Å². The number of carbonyl (C=O) groups excluding carboxylic acids is 2. The molecule has 13 heteroatoms. The van der Waals surface area contributed by atoms with Crippen molar-refractivity contribution in [1.29, 1.82) is 0 Å². The maximum Gasteiger partial charge on any atom is 0.262 e. The van der Waals surface area contributed by atoms with Gasteiger partial charge in [0.25, 0.3) is 5.91 Å². The Morgan fingerprint density at radius 2 is 1.80 bits per heavy atom. The van der Waals surface area contributed by atoms with Crippen molar-refractivity contribution in [3.63, 3.8) is 0 Å². The molecule has 2 amide bonds. The average Bonchev–Trinajstić information content (AvgIpc) is 3.11. The molecule has 0 aliphatic carbocycles. The van der Waals surface area contributed by atoms with Crippen molar-refractivity contribution in [2.45, 2.75) is 39.7 Å². The molecule has 270 valence electrons. The smallest absolute Gasteiger partial charge is 0.262 e. The van der Waals surface area contributed by atoms with Gasteiger partial charge in [-0.2, -0.15) is 4.98 Å². The Balaban J connectivity index is 1.40. The number of anilines is 4. The van der Waals surface area contributed by atoms with Gasteiger partial charge in [-0.15, -0.1) is 0 Å². The Bertz CT molecular complexity index is 1840. The normalized spacial score (nSPS) is 14.6. The number of nitrogens with zero attached hydrogens (tertiary/aromatic N) is 4. The number of aromatic nitrogens is 2. The summed E-state index contributed by atoms with van der Waals surface area (Å²) in [6, 6.07) is 16.3. The molecule has 3 aromatic carbocycles. The van der Waals surface area contributed by atoms with Crippen LogP contribution >= 0.6 is 0 Å². The third kappa shape index (κ3) is 9.50. The predicted octanol–water partition coefficient (Wildman–Crippen LogP) is 5.86. The Hall–Kier alpha value is -5.27. The second-order valence-corrected chi connectivity index (χ2v) is 12.6. The summed E-state index contributed by atoms with van der Waals surface area (Å²) in [6.07, 6.45) is 2.13. The molecule has 1 aliphatic rings. The fraction of sp³-hybridized carbons (Fsp3) is 0.368. The van der Waals surface area contributed by atoms with E-state index in [1.807, 2.05) is 43.0 Å². The van der Waals surface area contributed by atoms with E-state index in [9.17, 15) is 9.59 Å². The van der Waals surface area contributed by atoms with Gasteiger partial charge in [-0.25, -0.2) is 9.37 Å². The molecule has 1 fully saturated rings. The lowest BCUT2D eigenvalue weighted by Gasteiger charge is -2.39. The van der Waals surface area contributed by atoms with E-state index in [2.05, 4.69) is 44.8 Å². The number of nitrogens with one attached hydrogen (secondary N) is 3. The summed E-state index contributed by atoms with van der Waals surface area (Å²) in [7, 11) is 5.16. The summed E-state index contributed by atoms with van der Waals surface area (Å²) in [5, 5.41) is 8.84. The van der Waals surface area contributed by atoms with Crippen LogP contribution < -0.4 is 30.3 Å². The molecule has 1 atom stereocenters. The second-order valence-electron chi connectivity index (χ2n) is 12.6. The number of likely N-dealkylation sites (N-methyl/N-ethyl adjacent to an activating group) is 1. The molecule has 0 radical (unpaired) electrons. The van der Waals surface area contributed by atoms with Crippen LogP contribution in [0.3, 0.4) is 0 Å². The predicted molar refractivity (Wildman–Crippen MR) is 196 cm³/mol. The van der Waals surface area contributed by atoms with E-state index < -0.39 is 5.91 Å². The van der Waals surface area contributed by atoms with E-state index in [1.165, 1.54) is 19.4 Å². The summed E-state index contributed by atoms with van der Waals surface area (Å²) < 4.78 is 32.3. The van der Waals surface area contributed by atoms with Crippen LogP contribution in [0, 0.1) is 19.7 Å². The summed E-state index contributed by atoms with van der Waals surface area (Å²) >= 11 is 0. The highest BCUT2D eigenvalue weighted by Gasteiger charge is 2.24. The van der Waals surface area contributed by atoms with Crippen molar-refractivity contribution < 1.29 is 28.2 Å². The Morgan fingerprint density at radius 1 is 1.02 bits per heavy atom. The fourth-order valence-corrected chi connectivity index (χ4v) is 5.78. The van der Waals surface area contributed by atoms with Crippen LogP contribution in [0.5, 0.6) is 17.4 Å². The lowest BCUT2D eigenvalue weighted by atomic mass is 10.1. The molecule has 1 saturated heterocycles. The monoisotopic (exact) mass is 699 g/mol. The number of halogens is 1. The molecule has 1 aliphatic heterocycles. The number of benzene rings is 3. The van der Waals surface area contributed by atoms with Crippen molar-refractivity contribution in [2.75, 3.05) is 69.6 Å². The highest BCUT2D eigenvalue weighted by atomic mass is 19.1. The van der Waals surface area contributed by atoms with Crippen LogP contribution in [0.1, 0.15) is 40.4 Å². The second kappa shape index (κ2) is 17.1. The van der Waals surface area contributed by atoms with Gasteiger partial charge in [0.15, 0.2) is 11.5 Å². The van der Waals surface area contributed by atoms with Crippen molar-refractivity contribution in [3.8, 4) is 17.4 Å². The molecule has 2 heterocycles. The zero-order valence-electron chi connectivity index (χ0n) is 30.0. The Labute approximate surface area is 298 Å². The van der Waals surface area contributed by atoms with Crippen LogP contribution in [-0.4, -0.2) is 86.8 Å². The Morgan fingerprint density at radius 3 is 2.51 bits per heavy atom. The zero-order chi connectivity index (χ0) is 36.5. The van der Waals surface area contributed by atoms with Crippen LogP contribution in [0.25, 0.3) is 0 Å². The molecule has 1 unspecified atom stereocenters. The summed E-state index contributed by atoms with van der Waals surface area (Å²) in [5.74, 6) is -0.176. The van der Waals surface area contributed by atoms with E-state index in [1.54, 1.807) is 31.4 Å². The lowest BCUT2D eigenvalue weighted by Crippen LogP contribution is -2.50. The quantitative estimate of drug-likeness (QED) is 0.138. The number of piperazine rings is 1. The first-order valence-electron chi connectivity index (χ1n) is 16.9. The van der Waals surface area contributed by atoms with Gasteiger partial charge in [0.1, 0.15) is 11.4 Å². The molecule has 4 aromatic rings. The highest BCUT2D eigenvalue weighted by Crippen LogP contribution is 2.35. The molecular weight excluding hydrogens is 653 g/mol. The van der Waals surface area contributed by atoms with E-state index in [0.29, 0.717) is 54.2 Å². The largest absolute Gasteiger partial charge is 0.493 e. The number of ether oxygens (including phenoxy) is 3. The minimum atomic E-state index is -0.471. The van der Waals surface area contributed by atoms with Crippen molar-refractivity contribution in [3.05, 3.63) is 88.9 Å². The molecule has 12 nitrogen and oxygen atoms in total. The number of amides is 2. The van der Waals surface area contributed by atoms with E-state index in [0.717, 1.165) is 36.3 Å². The highest BCUT2D eigenvalue weighted by molar-refractivity contribution is 6.06. The van der Waals surface area contributed by atoms with Gasteiger partial charge in [-0.05, 0) is 81.3 Å². The van der Waals surface area contributed by atoms with Gasteiger partial charge in [0.2, 0.25) is 17.7 Å². The first kappa shape index (κ1) is 37.0. The maximum absolute atomic E-state index is 15.4. The number of hydrogen-bond donors (Lipinski definition) is 3. The van der Waals surface area contributed by atoms with E-state index >= 15 is 4.39 Å². The average molecular weight is 700 g/mol. The summed E-state index contributed by atoms with van der Waals surface area (Å²) in [4.78, 5) is 39.2. The first-order valence-corrected chi connectivity index (χ1v) is 16.9. The number of aryl methyl sites for hydroxylation is 3. The first-order chi connectivity index (χ1) is 24.6. The molecule has 3 N–H and O–H groups in total. The van der Waals surface area contributed by atoms with Crippen LogP contribution in [0.4, 0.5) is 27.4 Å². The maximum atomic E-state index is 15.4. The Kier molecular flexibility index (Phi) is 12.4. The molecule has 5 rings (SSSR count). The van der Waals surface area contributed by atoms with Crippen molar-refractivity contribution in [1.82, 2.24) is 20.2 Å². The van der Waals surface area contributed by atoms with Gasteiger partial charge in [-0.3, -0.25) is 9.59 Å². The standard InChI is InChI=1S/C38H46FN7O5/c1-24-8-7-9-25(2)35(24)43-36(48)29-22-41-38(42-28-12-13-31(30(39)21-28)46-18-17-45(4)26(3)23-46)44-37(29)51-32-14-10-27(20-33(32)50-6)11-15-34(47)40-16-19-49-5/h7-10,12-14,20-22,26H,11,15-19,23H2,1-6H3,(H,40,47)(H,43,48)(H,41,42,44). The van der Waals surface area contributed by atoms with Gasteiger partial charge in [-0.1, -0.05) is 24.3 Å². The van der Waals surface area contributed by atoms with Gasteiger partial charge in [0, 0.05) is 63.3 Å². The van der Waals surface area contributed by atoms with Crippen LogP contribution in [-0.2, 0) is 16.0 Å². The molecule has 1 aromatic heterocycles. The lowest BCUT2D eigenvalue weighted by molar-refractivity contribution is -0.121. The molecule has 0 spiro atoms. The summed E-state index contributed by atoms with van der Waals surface area (Å²) in [6.45, 7) is 9.13. The SMILES string of the molecule is COCCNC(=O)CCc1ccc(Oc2nc(Nc3ccc(N4CCN(C)C(C)C4)c(F)c3)ncc2C(=O)Nc2c(C)cccc2C)c(OC)c1. The molecule has 0 bridgehead atoms. The topological polar surface area (TPSA) is 130 Å².